The highest BCUT2D eigenvalue weighted by atomic mass is 35.5. The van der Waals surface area contributed by atoms with Crippen LogP contribution in [0.1, 0.15) is 10.4 Å². The molecule has 0 saturated heterocycles. The quantitative estimate of drug-likeness (QED) is 0.814. The standard InChI is InChI=1S/C13H7Cl2F2NO2/c14-6-3-9(15)12(19)11(4-6)18-13(20)8-5-7(16)1-2-10(8)17/h1-5,19H,(H,18,20). The van der Waals surface area contributed by atoms with Crippen LogP contribution < -0.4 is 5.32 Å². The molecule has 0 spiro atoms. The molecule has 2 aromatic carbocycles. The van der Waals surface area contributed by atoms with E-state index < -0.39 is 28.9 Å². The Hall–Kier alpha value is -1.85. The monoisotopic (exact) mass is 317 g/mol. The van der Waals surface area contributed by atoms with Crippen LogP contribution in [-0.4, -0.2) is 11.0 Å². The highest BCUT2D eigenvalue weighted by Crippen LogP contribution is 2.35. The Labute approximate surface area is 122 Å². The Morgan fingerprint density at radius 1 is 1.15 bits per heavy atom. The molecule has 0 bridgehead atoms. The van der Waals surface area contributed by atoms with Gasteiger partial charge in [-0.3, -0.25) is 4.79 Å². The number of phenols is 1. The average molecular weight is 318 g/mol. The van der Waals surface area contributed by atoms with E-state index in [4.69, 9.17) is 23.2 Å². The maximum atomic E-state index is 13.4. The summed E-state index contributed by atoms with van der Waals surface area (Å²) in [6, 6.07) is 4.97. The number of rotatable bonds is 2. The number of phenolic OH excluding ortho intramolecular Hbond substituents is 1. The number of hydrogen-bond donors (Lipinski definition) is 2. The molecule has 1 amide bonds. The predicted octanol–water partition coefficient (Wildman–Crippen LogP) is 4.23. The fourth-order valence-electron chi connectivity index (χ4n) is 1.52. The van der Waals surface area contributed by atoms with Crippen molar-refractivity contribution in [3.05, 3.63) is 57.6 Å². The van der Waals surface area contributed by atoms with Gasteiger partial charge in [-0.2, -0.15) is 0 Å². The van der Waals surface area contributed by atoms with E-state index in [1.807, 2.05) is 0 Å². The smallest absolute Gasteiger partial charge is 0.258 e. The molecule has 104 valence electrons. The Kier molecular flexibility index (Phi) is 4.11. The Bertz CT molecular complexity index is 692. The van der Waals surface area contributed by atoms with Crippen molar-refractivity contribution in [1.29, 1.82) is 0 Å². The van der Waals surface area contributed by atoms with E-state index in [1.54, 1.807) is 0 Å². The van der Waals surface area contributed by atoms with Gasteiger partial charge in [-0.25, -0.2) is 8.78 Å². The minimum absolute atomic E-state index is 0.0764. The summed E-state index contributed by atoms with van der Waals surface area (Å²) in [6.45, 7) is 0. The molecule has 3 nitrogen and oxygen atoms in total. The molecule has 0 atom stereocenters. The Morgan fingerprint density at radius 3 is 2.55 bits per heavy atom. The van der Waals surface area contributed by atoms with Crippen LogP contribution in [0.5, 0.6) is 5.75 Å². The van der Waals surface area contributed by atoms with E-state index in [0.717, 1.165) is 18.2 Å². The molecule has 0 heterocycles. The van der Waals surface area contributed by atoms with Crippen molar-refractivity contribution >= 4 is 34.8 Å². The molecular weight excluding hydrogens is 311 g/mol. The van der Waals surface area contributed by atoms with Gasteiger partial charge in [0.1, 0.15) is 11.6 Å². The number of aromatic hydroxyl groups is 1. The van der Waals surface area contributed by atoms with Crippen molar-refractivity contribution in [2.24, 2.45) is 0 Å². The van der Waals surface area contributed by atoms with Crippen LogP contribution in [0.25, 0.3) is 0 Å². The molecule has 0 aliphatic rings. The van der Waals surface area contributed by atoms with Gasteiger partial charge in [0.25, 0.3) is 5.91 Å². The number of benzene rings is 2. The second-order valence-corrected chi connectivity index (χ2v) is 4.71. The van der Waals surface area contributed by atoms with E-state index in [1.165, 1.54) is 12.1 Å². The molecule has 0 aliphatic carbocycles. The fourth-order valence-corrected chi connectivity index (χ4v) is 2.02. The predicted molar refractivity (Wildman–Crippen MR) is 72.4 cm³/mol. The molecular formula is C13H7Cl2F2NO2. The van der Waals surface area contributed by atoms with Crippen molar-refractivity contribution in [2.75, 3.05) is 5.32 Å². The molecule has 2 N–H and O–H groups in total. The number of amides is 1. The van der Waals surface area contributed by atoms with Gasteiger partial charge in [0.05, 0.1) is 16.3 Å². The highest BCUT2D eigenvalue weighted by Gasteiger charge is 2.16. The van der Waals surface area contributed by atoms with E-state index >= 15 is 0 Å². The third kappa shape index (κ3) is 3.00. The zero-order valence-electron chi connectivity index (χ0n) is 9.75. The zero-order chi connectivity index (χ0) is 14.9. The lowest BCUT2D eigenvalue weighted by molar-refractivity contribution is 0.102. The van der Waals surface area contributed by atoms with Crippen LogP contribution in [0.4, 0.5) is 14.5 Å². The fraction of sp³-hybridized carbons (Fsp3) is 0. The first-order chi connectivity index (χ1) is 9.38. The summed E-state index contributed by atoms with van der Waals surface area (Å²) < 4.78 is 26.5. The Morgan fingerprint density at radius 2 is 1.85 bits per heavy atom. The highest BCUT2D eigenvalue weighted by molar-refractivity contribution is 6.36. The molecule has 7 heteroatoms. The van der Waals surface area contributed by atoms with Crippen molar-refractivity contribution < 1.29 is 18.7 Å². The summed E-state index contributed by atoms with van der Waals surface area (Å²) in [6.07, 6.45) is 0. The SMILES string of the molecule is O=C(Nc1cc(Cl)cc(Cl)c1O)c1cc(F)ccc1F. The van der Waals surface area contributed by atoms with Crippen molar-refractivity contribution in [3.8, 4) is 5.75 Å². The third-order valence-corrected chi connectivity index (χ3v) is 2.96. The van der Waals surface area contributed by atoms with Gasteiger partial charge in [0.15, 0.2) is 5.75 Å². The van der Waals surface area contributed by atoms with Crippen molar-refractivity contribution in [3.63, 3.8) is 0 Å². The second-order valence-electron chi connectivity index (χ2n) is 3.86. The van der Waals surface area contributed by atoms with E-state index in [9.17, 15) is 18.7 Å². The molecule has 0 radical (unpaired) electrons. The molecule has 0 fully saturated rings. The minimum atomic E-state index is -0.935. The molecule has 0 saturated carbocycles. The van der Waals surface area contributed by atoms with Gasteiger partial charge in [0, 0.05) is 5.02 Å². The number of carbonyl (C=O) groups is 1. The van der Waals surface area contributed by atoms with Crippen molar-refractivity contribution in [2.45, 2.75) is 0 Å². The first-order valence-electron chi connectivity index (χ1n) is 5.33. The van der Waals surface area contributed by atoms with Crippen LogP contribution in [0.2, 0.25) is 10.0 Å². The summed E-state index contributed by atoms with van der Waals surface area (Å²) in [5.74, 6) is -3.00. The van der Waals surface area contributed by atoms with Crippen molar-refractivity contribution in [1.82, 2.24) is 0 Å². The molecule has 20 heavy (non-hydrogen) atoms. The van der Waals surface area contributed by atoms with Gasteiger partial charge in [-0.15, -0.1) is 0 Å². The Balaban J connectivity index is 2.35. The van der Waals surface area contributed by atoms with Gasteiger partial charge < -0.3 is 10.4 Å². The number of nitrogens with one attached hydrogen (secondary N) is 1. The molecule has 0 aromatic heterocycles. The van der Waals surface area contributed by atoms with Gasteiger partial charge in [0.2, 0.25) is 0 Å². The van der Waals surface area contributed by atoms with Gasteiger partial charge in [-0.05, 0) is 30.3 Å². The molecule has 0 unspecified atom stereocenters. The van der Waals surface area contributed by atoms with E-state index in [2.05, 4.69) is 5.32 Å². The summed E-state index contributed by atoms with van der Waals surface area (Å²) in [5.41, 5.74) is -0.600. The van der Waals surface area contributed by atoms with E-state index in [-0.39, 0.29) is 15.7 Å². The van der Waals surface area contributed by atoms with Crippen LogP contribution in [0.15, 0.2) is 30.3 Å². The lowest BCUT2D eigenvalue weighted by Gasteiger charge is -2.09. The second kappa shape index (κ2) is 5.64. The summed E-state index contributed by atoms with van der Waals surface area (Å²) in [7, 11) is 0. The number of anilines is 1. The molecule has 2 rings (SSSR count). The van der Waals surface area contributed by atoms with E-state index in [0.29, 0.717) is 0 Å². The van der Waals surface area contributed by atoms with Gasteiger partial charge >= 0.3 is 0 Å². The summed E-state index contributed by atoms with van der Waals surface area (Å²) in [5, 5.41) is 12.0. The largest absolute Gasteiger partial charge is 0.504 e. The lowest BCUT2D eigenvalue weighted by atomic mass is 10.2. The number of hydrogen-bond acceptors (Lipinski definition) is 2. The zero-order valence-corrected chi connectivity index (χ0v) is 11.3. The lowest BCUT2D eigenvalue weighted by Crippen LogP contribution is -2.14. The topological polar surface area (TPSA) is 49.3 Å². The first kappa shape index (κ1) is 14.6. The average Bonchev–Trinajstić information content (AvgIpc) is 2.38. The third-order valence-electron chi connectivity index (χ3n) is 2.45. The number of halogens is 4. The van der Waals surface area contributed by atoms with Gasteiger partial charge in [-0.1, -0.05) is 23.2 Å². The summed E-state index contributed by atoms with van der Waals surface area (Å²) >= 11 is 11.4. The van der Waals surface area contributed by atoms with Crippen LogP contribution >= 0.6 is 23.2 Å². The maximum Gasteiger partial charge on any atom is 0.258 e. The molecule has 2 aromatic rings. The maximum absolute atomic E-state index is 13.4. The normalized spacial score (nSPS) is 10.4. The van der Waals surface area contributed by atoms with Crippen LogP contribution in [0, 0.1) is 11.6 Å². The number of carbonyl (C=O) groups excluding carboxylic acids is 1. The minimum Gasteiger partial charge on any atom is -0.504 e. The molecule has 0 aliphatic heterocycles. The first-order valence-corrected chi connectivity index (χ1v) is 6.08. The van der Waals surface area contributed by atoms with Crippen LogP contribution in [-0.2, 0) is 0 Å². The van der Waals surface area contributed by atoms with Crippen LogP contribution in [0.3, 0.4) is 0 Å². The summed E-state index contributed by atoms with van der Waals surface area (Å²) in [4.78, 5) is 11.8.